The predicted octanol–water partition coefficient (Wildman–Crippen LogP) is 2.07. The molecule has 0 aliphatic heterocycles. The largest absolute Gasteiger partial charge is 0.507 e. The fourth-order valence-electron chi connectivity index (χ4n) is 1.89. The summed E-state index contributed by atoms with van der Waals surface area (Å²) in [5, 5.41) is 9.67. The summed E-state index contributed by atoms with van der Waals surface area (Å²) in [7, 11) is 0. The van der Waals surface area contributed by atoms with E-state index in [4.69, 9.17) is 4.74 Å². The number of benzene rings is 2. The lowest BCUT2D eigenvalue weighted by molar-refractivity contribution is -0.128. The van der Waals surface area contributed by atoms with Crippen molar-refractivity contribution in [3.8, 4) is 11.5 Å². The van der Waals surface area contributed by atoms with Gasteiger partial charge in [0.05, 0.1) is 5.56 Å². The number of ether oxygens (including phenoxy) is 1. The molecule has 1 unspecified atom stereocenters. The molecule has 0 aliphatic carbocycles. The Kier molecular flexibility index (Phi) is 5.36. The molecule has 0 fully saturated rings. The zero-order chi connectivity index (χ0) is 17.7. The van der Waals surface area contributed by atoms with Gasteiger partial charge in [0.25, 0.3) is 11.8 Å². The summed E-state index contributed by atoms with van der Waals surface area (Å²) in [5.41, 5.74) is 5.25. The quantitative estimate of drug-likeness (QED) is 0.748. The topological polar surface area (TPSA) is 87.7 Å². The second-order valence-corrected chi connectivity index (χ2v) is 5.18. The van der Waals surface area contributed by atoms with Crippen LogP contribution in [0.2, 0.25) is 0 Å². The summed E-state index contributed by atoms with van der Waals surface area (Å²) in [5.74, 6) is -1.53. The fraction of sp³-hybridized carbons (Fsp3) is 0.176. The van der Waals surface area contributed by atoms with E-state index in [-0.39, 0.29) is 11.3 Å². The molecule has 0 heterocycles. The standard InChI is InChI=1S/C17H17FN2O4/c1-10-3-8-15(21)14(9-10)17(23)20-19-16(22)11(2)24-13-6-4-12(18)5-7-13/h3-9,11,21H,1-2H3,(H,19,22)(H,20,23). The van der Waals surface area contributed by atoms with Gasteiger partial charge in [0.15, 0.2) is 6.10 Å². The first kappa shape index (κ1) is 17.3. The molecule has 2 aromatic rings. The van der Waals surface area contributed by atoms with Gasteiger partial charge < -0.3 is 9.84 Å². The van der Waals surface area contributed by atoms with E-state index in [1.165, 1.54) is 43.3 Å². The molecular formula is C17H17FN2O4. The van der Waals surface area contributed by atoms with Crippen LogP contribution in [0.4, 0.5) is 4.39 Å². The third-order valence-corrected chi connectivity index (χ3v) is 3.19. The summed E-state index contributed by atoms with van der Waals surface area (Å²) in [4.78, 5) is 23.9. The SMILES string of the molecule is Cc1ccc(O)c(C(=O)NNC(=O)C(C)Oc2ccc(F)cc2)c1. The fourth-order valence-corrected chi connectivity index (χ4v) is 1.89. The van der Waals surface area contributed by atoms with E-state index < -0.39 is 23.7 Å². The first-order valence-corrected chi connectivity index (χ1v) is 7.19. The van der Waals surface area contributed by atoms with Crippen LogP contribution in [0, 0.1) is 12.7 Å². The highest BCUT2D eigenvalue weighted by atomic mass is 19.1. The van der Waals surface area contributed by atoms with Gasteiger partial charge in [0.2, 0.25) is 0 Å². The van der Waals surface area contributed by atoms with Crippen LogP contribution in [0.3, 0.4) is 0 Å². The van der Waals surface area contributed by atoms with Gasteiger partial charge in [0.1, 0.15) is 17.3 Å². The minimum absolute atomic E-state index is 0.0439. The number of aromatic hydroxyl groups is 1. The van der Waals surface area contributed by atoms with Gasteiger partial charge in [-0.3, -0.25) is 20.4 Å². The lowest BCUT2D eigenvalue weighted by Gasteiger charge is -2.15. The first-order valence-electron chi connectivity index (χ1n) is 7.19. The highest BCUT2D eigenvalue weighted by Gasteiger charge is 2.17. The van der Waals surface area contributed by atoms with E-state index in [0.717, 1.165) is 5.56 Å². The summed E-state index contributed by atoms with van der Waals surface area (Å²) in [6.45, 7) is 3.25. The molecule has 0 spiro atoms. The number of carbonyl (C=O) groups is 2. The lowest BCUT2D eigenvalue weighted by Crippen LogP contribution is -2.47. The number of hydrogen-bond donors (Lipinski definition) is 3. The van der Waals surface area contributed by atoms with Crippen molar-refractivity contribution in [3.05, 3.63) is 59.4 Å². The smallest absolute Gasteiger partial charge is 0.279 e. The monoisotopic (exact) mass is 332 g/mol. The average molecular weight is 332 g/mol. The molecule has 2 amide bonds. The Morgan fingerprint density at radius 3 is 2.46 bits per heavy atom. The normalized spacial score (nSPS) is 11.5. The molecule has 0 bridgehead atoms. The molecule has 126 valence electrons. The number of amides is 2. The highest BCUT2D eigenvalue weighted by Crippen LogP contribution is 2.17. The van der Waals surface area contributed by atoms with E-state index in [1.807, 2.05) is 0 Å². The Balaban J connectivity index is 1.91. The van der Waals surface area contributed by atoms with Crippen molar-refractivity contribution >= 4 is 11.8 Å². The Bertz CT molecular complexity index is 747. The van der Waals surface area contributed by atoms with E-state index in [0.29, 0.717) is 5.75 Å². The Labute approximate surface area is 138 Å². The molecule has 24 heavy (non-hydrogen) atoms. The van der Waals surface area contributed by atoms with Gasteiger partial charge in [-0.25, -0.2) is 4.39 Å². The molecule has 6 nitrogen and oxygen atoms in total. The molecule has 2 rings (SSSR count). The van der Waals surface area contributed by atoms with Crippen LogP contribution < -0.4 is 15.6 Å². The van der Waals surface area contributed by atoms with Crippen LogP contribution in [-0.2, 0) is 4.79 Å². The number of halogens is 1. The van der Waals surface area contributed by atoms with Crippen LogP contribution in [0.15, 0.2) is 42.5 Å². The number of carbonyl (C=O) groups excluding carboxylic acids is 2. The molecule has 7 heteroatoms. The van der Waals surface area contributed by atoms with Crippen molar-refractivity contribution in [2.75, 3.05) is 0 Å². The Morgan fingerprint density at radius 2 is 1.79 bits per heavy atom. The second-order valence-electron chi connectivity index (χ2n) is 5.18. The zero-order valence-electron chi connectivity index (χ0n) is 13.2. The van der Waals surface area contributed by atoms with Gasteiger partial charge in [-0.2, -0.15) is 0 Å². The maximum Gasteiger partial charge on any atom is 0.279 e. The van der Waals surface area contributed by atoms with Crippen molar-refractivity contribution in [1.29, 1.82) is 0 Å². The lowest BCUT2D eigenvalue weighted by atomic mass is 10.1. The average Bonchev–Trinajstić information content (AvgIpc) is 2.56. The van der Waals surface area contributed by atoms with E-state index in [9.17, 15) is 19.1 Å². The van der Waals surface area contributed by atoms with Crippen LogP contribution in [-0.4, -0.2) is 23.0 Å². The Morgan fingerprint density at radius 1 is 1.12 bits per heavy atom. The molecule has 2 aromatic carbocycles. The molecule has 0 radical (unpaired) electrons. The number of aryl methyl sites for hydroxylation is 1. The molecule has 0 aromatic heterocycles. The molecule has 0 saturated heterocycles. The van der Waals surface area contributed by atoms with Crippen molar-refractivity contribution < 1.29 is 23.8 Å². The van der Waals surface area contributed by atoms with Crippen molar-refractivity contribution in [2.45, 2.75) is 20.0 Å². The number of phenols is 1. The summed E-state index contributed by atoms with van der Waals surface area (Å²) < 4.78 is 18.1. The summed E-state index contributed by atoms with van der Waals surface area (Å²) in [6.07, 6.45) is -0.915. The van der Waals surface area contributed by atoms with Crippen LogP contribution in [0.5, 0.6) is 11.5 Å². The maximum atomic E-state index is 12.8. The van der Waals surface area contributed by atoms with Crippen molar-refractivity contribution in [2.24, 2.45) is 0 Å². The number of nitrogens with one attached hydrogen (secondary N) is 2. The van der Waals surface area contributed by atoms with Gasteiger partial charge in [0, 0.05) is 0 Å². The third kappa shape index (κ3) is 4.45. The van der Waals surface area contributed by atoms with E-state index in [1.54, 1.807) is 13.0 Å². The maximum absolute atomic E-state index is 12.8. The van der Waals surface area contributed by atoms with Crippen molar-refractivity contribution in [1.82, 2.24) is 10.9 Å². The van der Waals surface area contributed by atoms with Crippen LogP contribution in [0.25, 0.3) is 0 Å². The Hall–Kier alpha value is -3.09. The zero-order valence-corrected chi connectivity index (χ0v) is 13.2. The van der Waals surface area contributed by atoms with Gasteiger partial charge in [-0.1, -0.05) is 11.6 Å². The molecule has 0 saturated carbocycles. The van der Waals surface area contributed by atoms with Crippen molar-refractivity contribution in [3.63, 3.8) is 0 Å². The van der Waals surface area contributed by atoms with Gasteiger partial charge >= 0.3 is 0 Å². The highest BCUT2D eigenvalue weighted by molar-refractivity contribution is 5.98. The number of hydrazine groups is 1. The summed E-state index contributed by atoms with van der Waals surface area (Å²) in [6, 6.07) is 9.75. The van der Waals surface area contributed by atoms with E-state index in [2.05, 4.69) is 10.9 Å². The van der Waals surface area contributed by atoms with Gasteiger partial charge in [-0.15, -0.1) is 0 Å². The predicted molar refractivity (Wildman–Crippen MR) is 84.9 cm³/mol. The minimum atomic E-state index is -0.915. The molecular weight excluding hydrogens is 315 g/mol. The summed E-state index contributed by atoms with van der Waals surface area (Å²) >= 11 is 0. The molecule has 3 N–H and O–H groups in total. The first-order chi connectivity index (χ1) is 11.4. The van der Waals surface area contributed by atoms with E-state index >= 15 is 0 Å². The number of rotatable bonds is 4. The molecule has 0 aliphatic rings. The number of hydrogen-bond acceptors (Lipinski definition) is 4. The third-order valence-electron chi connectivity index (χ3n) is 3.19. The van der Waals surface area contributed by atoms with Crippen LogP contribution in [0.1, 0.15) is 22.8 Å². The molecule has 1 atom stereocenters. The number of phenolic OH excluding ortho intramolecular Hbond substituents is 1. The second kappa shape index (κ2) is 7.45. The minimum Gasteiger partial charge on any atom is -0.507 e. The van der Waals surface area contributed by atoms with Gasteiger partial charge in [-0.05, 0) is 50.2 Å². The van der Waals surface area contributed by atoms with Crippen LogP contribution >= 0.6 is 0 Å².